The molecule has 1 fully saturated rings. The van der Waals surface area contributed by atoms with Gasteiger partial charge in [-0.2, -0.15) is 0 Å². The molecule has 112 valence electrons. The zero-order chi connectivity index (χ0) is 14.7. The normalized spacial score (nSPS) is 17.4. The van der Waals surface area contributed by atoms with Gasteiger partial charge in [0.1, 0.15) is 0 Å². The number of rotatable bonds is 5. The summed E-state index contributed by atoms with van der Waals surface area (Å²) in [5, 5.41) is 1.06. The van der Waals surface area contributed by atoms with Crippen LogP contribution in [0.25, 0.3) is 10.9 Å². The molecule has 1 aromatic carbocycles. The smallest absolute Gasteiger partial charge is 0.152 e. The molecule has 0 radical (unpaired) electrons. The number of aromatic nitrogens is 1. The van der Waals surface area contributed by atoms with Gasteiger partial charge in [-0.15, -0.1) is 0 Å². The molecule has 0 saturated carbocycles. The van der Waals surface area contributed by atoms with Crippen LogP contribution in [-0.4, -0.2) is 60.4 Å². The lowest BCUT2D eigenvalue weighted by molar-refractivity contribution is 0.112. The van der Waals surface area contributed by atoms with Crippen molar-refractivity contribution in [1.29, 1.82) is 0 Å². The first kappa shape index (κ1) is 14.3. The summed E-state index contributed by atoms with van der Waals surface area (Å²) in [5.41, 5.74) is 1.96. The fourth-order valence-corrected chi connectivity index (χ4v) is 3.09. The van der Waals surface area contributed by atoms with E-state index in [-0.39, 0.29) is 0 Å². The molecule has 0 bridgehead atoms. The van der Waals surface area contributed by atoms with E-state index in [0.717, 1.165) is 42.3 Å². The van der Waals surface area contributed by atoms with Crippen LogP contribution in [0.15, 0.2) is 30.5 Å². The largest absolute Gasteiger partial charge is 0.347 e. The van der Waals surface area contributed by atoms with E-state index in [1.807, 2.05) is 24.4 Å². The van der Waals surface area contributed by atoms with Crippen molar-refractivity contribution < 1.29 is 4.79 Å². The predicted molar refractivity (Wildman–Crippen MR) is 85.9 cm³/mol. The topological polar surface area (TPSA) is 28.5 Å². The Kier molecular flexibility index (Phi) is 4.36. The van der Waals surface area contributed by atoms with Crippen molar-refractivity contribution in [3.63, 3.8) is 0 Å². The van der Waals surface area contributed by atoms with Crippen LogP contribution in [0.4, 0.5) is 0 Å². The summed E-state index contributed by atoms with van der Waals surface area (Å²) in [5.74, 6) is 0. The third-order valence-corrected chi connectivity index (χ3v) is 4.42. The van der Waals surface area contributed by atoms with Crippen LogP contribution in [0.5, 0.6) is 0 Å². The first-order valence-corrected chi connectivity index (χ1v) is 7.72. The Labute approximate surface area is 125 Å². The van der Waals surface area contributed by atoms with Crippen molar-refractivity contribution in [3.05, 3.63) is 36.0 Å². The maximum atomic E-state index is 11.2. The van der Waals surface area contributed by atoms with Gasteiger partial charge >= 0.3 is 0 Å². The number of aryl methyl sites for hydroxylation is 1. The number of nitrogens with zero attached hydrogens (tertiary/aromatic N) is 3. The van der Waals surface area contributed by atoms with E-state index in [2.05, 4.69) is 27.5 Å². The number of carbonyl (C=O) groups excluding carboxylic acids is 1. The molecule has 3 rings (SSSR count). The molecule has 4 nitrogen and oxygen atoms in total. The van der Waals surface area contributed by atoms with E-state index in [0.29, 0.717) is 0 Å². The van der Waals surface area contributed by atoms with Gasteiger partial charge in [0.2, 0.25) is 0 Å². The SMILES string of the molecule is CN1CCN(CCCn2cc(C=O)c3ccccc32)CC1. The summed E-state index contributed by atoms with van der Waals surface area (Å²) in [4.78, 5) is 16.1. The van der Waals surface area contributed by atoms with Crippen LogP contribution < -0.4 is 0 Å². The number of likely N-dealkylation sites (N-methyl/N-ethyl adjacent to an activating group) is 1. The number of hydrogen-bond acceptors (Lipinski definition) is 3. The molecule has 1 aliphatic rings. The fraction of sp³-hybridized carbons (Fsp3) is 0.471. The third kappa shape index (κ3) is 3.17. The van der Waals surface area contributed by atoms with E-state index >= 15 is 0 Å². The summed E-state index contributed by atoms with van der Waals surface area (Å²) in [6, 6.07) is 8.14. The van der Waals surface area contributed by atoms with Crippen LogP contribution in [0.2, 0.25) is 0 Å². The average molecular weight is 285 g/mol. The summed E-state index contributed by atoms with van der Waals surface area (Å²) < 4.78 is 2.22. The molecule has 2 aromatic rings. The number of piperazine rings is 1. The Hall–Kier alpha value is -1.65. The van der Waals surface area contributed by atoms with Crippen LogP contribution in [0.1, 0.15) is 16.8 Å². The molecule has 1 saturated heterocycles. The summed E-state index contributed by atoms with van der Waals surface area (Å²) >= 11 is 0. The van der Waals surface area contributed by atoms with Crippen molar-refractivity contribution in [2.75, 3.05) is 39.8 Å². The van der Waals surface area contributed by atoms with Gasteiger partial charge in [-0.1, -0.05) is 18.2 Å². The van der Waals surface area contributed by atoms with Crippen molar-refractivity contribution in [1.82, 2.24) is 14.4 Å². The van der Waals surface area contributed by atoms with Gasteiger partial charge in [-0.3, -0.25) is 4.79 Å². The molecule has 0 aliphatic carbocycles. The molecule has 0 spiro atoms. The lowest BCUT2D eigenvalue weighted by atomic mass is 10.2. The lowest BCUT2D eigenvalue weighted by Gasteiger charge is -2.32. The standard InChI is InChI=1S/C17H23N3O/c1-18-9-11-19(12-10-18)7-4-8-20-13-15(14-21)16-5-2-3-6-17(16)20/h2-3,5-6,13-14H,4,7-12H2,1H3. The molecule has 4 heteroatoms. The molecule has 0 N–H and O–H groups in total. The second kappa shape index (κ2) is 6.41. The van der Waals surface area contributed by atoms with Gasteiger partial charge in [0.15, 0.2) is 6.29 Å². The molecule has 1 aliphatic heterocycles. The van der Waals surface area contributed by atoms with E-state index in [1.54, 1.807) is 0 Å². The van der Waals surface area contributed by atoms with Crippen molar-refractivity contribution in [2.45, 2.75) is 13.0 Å². The monoisotopic (exact) mass is 285 g/mol. The summed E-state index contributed by atoms with van der Waals surface area (Å²) in [7, 11) is 2.18. The number of para-hydroxylation sites is 1. The lowest BCUT2D eigenvalue weighted by Crippen LogP contribution is -2.44. The minimum absolute atomic E-state index is 0.796. The molecule has 0 unspecified atom stereocenters. The zero-order valence-electron chi connectivity index (χ0n) is 12.7. The number of fused-ring (bicyclic) bond motifs is 1. The highest BCUT2D eigenvalue weighted by molar-refractivity contribution is 5.97. The highest BCUT2D eigenvalue weighted by Crippen LogP contribution is 2.20. The maximum Gasteiger partial charge on any atom is 0.152 e. The highest BCUT2D eigenvalue weighted by Gasteiger charge is 2.13. The Balaban J connectivity index is 1.62. The average Bonchev–Trinajstić information content (AvgIpc) is 2.88. The second-order valence-corrected chi connectivity index (χ2v) is 5.91. The molecular formula is C17H23N3O. The number of benzene rings is 1. The Morgan fingerprint density at radius 3 is 2.62 bits per heavy atom. The molecule has 0 atom stereocenters. The Morgan fingerprint density at radius 2 is 1.86 bits per heavy atom. The molecular weight excluding hydrogens is 262 g/mol. The first-order chi connectivity index (χ1) is 10.3. The fourth-order valence-electron chi connectivity index (χ4n) is 3.09. The van der Waals surface area contributed by atoms with Crippen LogP contribution >= 0.6 is 0 Å². The van der Waals surface area contributed by atoms with Gasteiger partial charge in [0, 0.05) is 55.4 Å². The number of carbonyl (C=O) groups is 1. The number of aldehydes is 1. The van der Waals surface area contributed by atoms with Crippen molar-refractivity contribution in [3.8, 4) is 0 Å². The second-order valence-electron chi connectivity index (χ2n) is 5.91. The van der Waals surface area contributed by atoms with E-state index in [9.17, 15) is 4.79 Å². The molecule has 2 heterocycles. The zero-order valence-corrected chi connectivity index (χ0v) is 12.7. The molecule has 0 amide bonds. The van der Waals surface area contributed by atoms with Crippen molar-refractivity contribution >= 4 is 17.2 Å². The van der Waals surface area contributed by atoms with Gasteiger partial charge < -0.3 is 14.4 Å². The highest BCUT2D eigenvalue weighted by atomic mass is 16.1. The molecule has 1 aromatic heterocycles. The van der Waals surface area contributed by atoms with E-state index in [4.69, 9.17) is 0 Å². The minimum Gasteiger partial charge on any atom is -0.347 e. The van der Waals surface area contributed by atoms with E-state index < -0.39 is 0 Å². The van der Waals surface area contributed by atoms with Gasteiger partial charge in [0.05, 0.1) is 0 Å². The van der Waals surface area contributed by atoms with Crippen LogP contribution in [0.3, 0.4) is 0 Å². The Bertz CT molecular complexity index is 612. The summed E-state index contributed by atoms with van der Waals surface area (Å²) in [6.45, 7) is 6.78. The predicted octanol–water partition coefficient (Wildman–Crippen LogP) is 2.09. The third-order valence-electron chi connectivity index (χ3n) is 4.42. The van der Waals surface area contributed by atoms with E-state index in [1.165, 1.54) is 26.2 Å². The molecule has 21 heavy (non-hydrogen) atoms. The first-order valence-electron chi connectivity index (χ1n) is 7.72. The summed E-state index contributed by atoms with van der Waals surface area (Å²) in [6.07, 6.45) is 4.07. The van der Waals surface area contributed by atoms with Crippen LogP contribution in [0, 0.1) is 0 Å². The van der Waals surface area contributed by atoms with Gasteiger partial charge in [0.25, 0.3) is 0 Å². The quantitative estimate of drug-likeness (QED) is 0.788. The number of hydrogen-bond donors (Lipinski definition) is 0. The minimum atomic E-state index is 0.796. The maximum absolute atomic E-state index is 11.2. The van der Waals surface area contributed by atoms with Crippen LogP contribution in [-0.2, 0) is 6.54 Å². The Morgan fingerprint density at radius 1 is 1.10 bits per heavy atom. The van der Waals surface area contributed by atoms with Gasteiger partial charge in [-0.05, 0) is 26.1 Å². The van der Waals surface area contributed by atoms with Gasteiger partial charge in [-0.25, -0.2) is 0 Å². The van der Waals surface area contributed by atoms with Crippen molar-refractivity contribution in [2.24, 2.45) is 0 Å².